The van der Waals surface area contributed by atoms with Crippen LogP contribution in [0.1, 0.15) is 6.42 Å². The van der Waals surface area contributed by atoms with Crippen molar-refractivity contribution in [1.82, 2.24) is 4.98 Å². The van der Waals surface area contributed by atoms with Crippen molar-refractivity contribution in [2.45, 2.75) is 6.42 Å². The van der Waals surface area contributed by atoms with Gasteiger partial charge in [-0.05, 0) is 6.07 Å². The van der Waals surface area contributed by atoms with Crippen LogP contribution < -0.4 is 4.90 Å². The number of hydrogen-bond donors (Lipinski definition) is 1. The number of hydrogen-bond acceptors (Lipinski definition) is 5. The van der Waals surface area contributed by atoms with Gasteiger partial charge in [0.05, 0.1) is 4.92 Å². The van der Waals surface area contributed by atoms with Crippen LogP contribution in [0.2, 0.25) is 5.15 Å². The summed E-state index contributed by atoms with van der Waals surface area (Å²) >= 11 is 5.68. The summed E-state index contributed by atoms with van der Waals surface area (Å²) in [5, 5.41) is 19.7. The lowest BCUT2D eigenvalue weighted by Crippen LogP contribution is -2.25. The molecule has 1 aromatic rings. The third kappa shape index (κ3) is 2.14. The van der Waals surface area contributed by atoms with Gasteiger partial charge in [0.2, 0.25) is 11.1 Å². The summed E-state index contributed by atoms with van der Waals surface area (Å²) in [5.41, 5.74) is -0.257. The molecule has 1 N–H and O–H groups in total. The second-order valence-corrected chi connectivity index (χ2v) is 4.34. The largest absolute Gasteiger partial charge is 0.396 e. The van der Waals surface area contributed by atoms with E-state index in [2.05, 4.69) is 4.98 Å². The van der Waals surface area contributed by atoms with Crippen LogP contribution in [0.4, 0.5) is 11.4 Å². The first-order chi connectivity index (χ1) is 8.54. The van der Waals surface area contributed by atoms with Crippen molar-refractivity contribution in [3.05, 3.63) is 27.5 Å². The maximum Gasteiger partial charge on any atom is 0.329 e. The number of carbonyl (C=O) groups is 1. The molecule has 0 saturated carbocycles. The molecule has 1 atom stereocenters. The van der Waals surface area contributed by atoms with Crippen LogP contribution in [-0.4, -0.2) is 34.1 Å². The molecule has 1 amide bonds. The number of nitro groups is 1. The minimum Gasteiger partial charge on any atom is -0.396 e. The fourth-order valence-electron chi connectivity index (χ4n) is 1.94. The molecule has 0 aromatic carbocycles. The molecule has 1 unspecified atom stereocenters. The average Bonchev–Trinajstić information content (AvgIpc) is 2.69. The normalized spacial score (nSPS) is 19.3. The van der Waals surface area contributed by atoms with E-state index in [0.29, 0.717) is 0 Å². The van der Waals surface area contributed by atoms with Crippen LogP contribution in [0.25, 0.3) is 0 Å². The van der Waals surface area contributed by atoms with E-state index in [-0.39, 0.29) is 47.9 Å². The summed E-state index contributed by atoms with van der Waals surface area (Å²) < 4.78 is 0. The molecule has 18 heavy (non-hydrogen) atoms. The minimum atomic E-state index is -0.662. The number of aliphatic hydroxyl groups is 1. The van der Waals surface area contributed by atoms with E-state index in [1.807, 2.05) is 0 Å². The highest BCUT2D eigenvalue weighted by atomic mass is 35.5. The molecule has 1 saturated heterocycles. The molecule has 1 aromatic heterocycles. The van der Waals surface area contributed by atoms with E-state index in [1.165, 1.54) is 17.2 Å². The molecule has 7 nitrogen and oxygen atoms in total. The number of aromatic nitrogens is 1. The van der Waals surface area contributed by atoms with Crippen molar-refractivity contribution >= 4 is 28.9 Å². The zero-order chi connectivity index (χ0) is 13.3. The van der Waals surface area contributed by atoms with Gasteiger partial charge < -0.3 is 10.0 Å². The van der Waals surface area contributed by atoms with Crippen molar-refractivity contribution in [3.8, 4) is 0 Å². The maximum absolute atomic E-state index is 11.8. The summed E-state index contributed by atoms with van der Waals surface area (Å²) in [6, 6.07) is 1.38. The summed E-state index contributed by atoms with van der Waals surface area (Å²) in [5.74, 6) is -0.469. The van der Waals surface area contributed by atoms with Gasteiger partial charge in [-0.1, -0.05) is 11.6 Å². The highest BCUT2D eigenvalue weighted by Gasteiger charge is 2.35. The predicted molar refractivity (Wildman–Crippen MR) is 63.4 cm³/mol. The summed E-state index contributed by atoms with van der Waals surface area (Å²) in [4.78, 5) is 27.0. The van der Waals surface area contributed by atoms with Gasteiger partial charge in [0, 0.05) is 31.7 Å². The Balaban J connectivity index is 2.43. The van der Waals surface area contributed by atoms with E-state index in [4.69, 9.17) is 16.7 Å². The van der Waals surface area contributed by atoms with Gasteiger partial charge in [-0.2, -0.15) is 0 Å². The van der Waals surface area contributed by atoms with Gasteiger partial charge in [-0.3, -0.25) is 14.9 Å². The molecular weight excluding hydrogens is 262 g/mol. The molecule has 0 spiro atoms. The first-order valence-corrected chi connectivity index (χ1v) is 5.62. The number of halogens is 1. The van der Waals surface area contributed by atoms with Crippen LogP contribution in [0.3, 0.4) is 0 Å². The number of amides is 1. The topological polar surface area (TPSA) is 96.6 Å². The number of carbonyl (C=O) groups excluding carboxylic acids is 1. The zero-order valence-corrected chi connectivity index (χ0v) is 10.0. The number of pyridine rings is 1. The Morgan fingerprint density at radius 3 is 2.94 bits per heavy atom. The fourth-order valence-corrected chi connectivity index (χ4v) is 2.16. The smallest absolute Gasteiger partial charge is 0.329 e. The van der Waals surface area contributed by atoms with Crippen molar-refractivity contribution in [2.24, 2.45) is 5.92 Å². The van der Waals surface area contributed by atoms with Gasteiger partial charge in [0.25, 0.3) is 0 Å². The van der Waals surface area contributed by atoms with Gasteiger partial charge in [-0.15, -0.1) is 0 Å². The van der Waals surface area contributed by atoms with E-state index >= 15 is 0 Å². The lowest BCUT2D eigenvalue weighted by molar-refractivity contribution is -0.384. The van der Waals surface area contributed by atoms with Crippen LogP contribution >= 0.6 is 11.6 Å². The Morgan fingerprint density at radius 1 is 1.67 bits per heavy atom. The summed E-state index contributed by atoms with van der Waals surface area (Å²) in [6.07, 6.45) is 1.48. The number of anilines is 1. The first kappa shape index (κ1) is 12.7. The third-order valence-electron chi connectivity index (χ3n) is 2.80. The molecule has 0 radical (unpaired) electrons. The van der Waals surface area contributed by atoms with E-state index in [1.54, 1.807) is 0 Å². The van der Waals surface area contributed by atoms with Crippen molar-refractivity contribution in [2.75, 3.05) is 18.1 Å². The number of nitrogens with zero attached hydrogens (tertiary/aromatic N) is 3. The first-order valence-electron chi connectivity index (χ1n) is 5.24. The molecule has 1 aliphatic heterocycles. The highest BCUT2D eigenvalue weighted by Crippen LogP contribution is 2.36. The number of aliphatic hydroxyl groups excluding tert-OH is 1. The van der Waals surface area contributed by atoms with Crippen molar-refractivity contribution in [1.29, 1.82) is 0 Å². The molecule has 0 aliphatic carbocycles. The summed E-state index contributed by atoms with van der Waals surface area (Å²) in [7, 11) is 0. The Kier molecular flexibility index (Phi) is 3.44. The Bertz CT molecular complexity index is 508. The van der Waals surface area contributed by atoms with Crippen molar-refractivity contribution in [3.63, 3.8) is 0 Å². The second kappa shape index (κ2) is 4.87. The lowest BCUT2D eigenvalue weighted by Gasteiger charge is -2.16. The standard InChI is InChI=1S/C10H10ClN3O4/c11-10-9(14(17)18)7(1-2-12-10)13-4-6(5-15)3-8(13)16/h1-2,6,15H,3-5H2. The molecule has 96 valence electrons. The van der Waals surface area contributed by atoms with Crippen LogP contribution in [0.5, 0.6) is 0 Å². The molecular formula is C10H10ClN3O4. The van der Waals surface area contributed by atoms with Gasteiger partial charge in [0.1, 0.15) is 5.69 Å². The molecule has 8 heteroatoms. The van der Waals surface area contributed by atoms with Crippen molar-refractivity contribution < 1.29 is 14.8 Å². The van der Waals surface area contributed by atoms with Crippen LogP contribution in [0.15, 0.2) is 12.3 Å². The maximum atomic E-state index is 11.8. The summed E-state index contributed by atoms with van der Waals surface area (Å²) in [6.45, 7) is 0.116. The Hall–Kier alpha value is -1.73. The highest BCUT2D eigenvalue weighted by molar-refractivity contribution is 6.32. The van der Waals surface area contributed by atoms with Crippen LogP contribution in [-0.2, 0) is 4.79 Å². The lowest BCUT2D eigenvalue weighted by atomic mass is 10.1. The predicted octanol–water partition coefficient (Wildman–Crippen LogP) is 0.988. The Labute approximate surface area is 107 Å². The Morgan fingerprint density at radius 2 is 2.39 bits per heavy atom. The van der Waals surface area contributed by atoms with Gasteiger partial charge in [-0.25, -0.2) is 4.98 Å². The molecule has 0 bridgehead atoms. The van der Waals surface area contributed by atoms with E-state index in [9.17, 15) is 14.9 Å². The molecule has 2 rings (SSSR count). The molecule has 1 aliphatic rings. The fraction of sp³-hybridized carbons (Fsp3) is 0.400. The quantitative estimate of drug-likeness (QED) is 0.502. The van der Waals surface area contributed by atoms with E-state index < -0.39 is 4.92 Å². The van der Waals surface area contributed by atoms with Gasteiger partial charge >= 0.3 is 5.69 Å². The van der Waals surface area contributed by atoms with E-state index in [0.717, 1.165) is 0 Å². The average molecular weight is 272 g/mol. The minimum absolute atomic E-state index is 0.126. The SMILES string of the molecule is O=C1CC(CO)CN1c1ccnc(Cl)c1[N+](=O)[O-]. The number of rotatable bonds is 3. The monoisotopic (exact) mass is 271 g/mol. The third-order valence-corrected chi connectivity index (χ3v) is 3.07. The molecule has 1 fully saturated rings. The molecule has 2 heterocycles. The zero-order valence-electron chi connectivity index (χ0n) is 9.24. The van der Waals surface area contributed by atoms with Gasteiger partial charge in [0.15, 0.2) is 0 Å². The second-order valence-electron chi connectivity index (χ2n) is 3.98. The van der Waals surface area contributed by atoms with Crippen LogP contribution in [0, 0.1) is 16.0 Å².